The molecule has 4 aliphatic carbocycles. The van der Waals surface area contributed by atoms with Gasteiger partial charge in [0, 0.05) is 12.3 Å². The van der Waals surface area contributed by atoms with E-state index in [-0.39, 0.29) is 38.1 Å². The summed E-state index contributed by atoms with van der Waals surface area (Å²) in [6, 6.07) is 0. The standard InChI is InChI=1S/C21H30O2.Pb.2H/c1-13(22)17-6-7-18-16-5-4-14-12-15(23)8-10-20(14,2)19(16)9-11-21(17,18)3;;;/h12,16-19H,4-11H2,1-3H3;;;/t16-,17+,18-,19-,20-,21+;;;/m0.../s1. The molecule has 0 aromatic heterocycles. The van der Waals surface area contributed by atoms with Gasteiger partial charge in [0.2, 0.25) is 0 Å². The van der Waals surface area contributed by atoms with Gasteiger partial charge in [-0.15, -0.1) is 0 Å². The van der Waals surface area contributed by atoms with E-state index >= 15 is 0 Å². The molecule has 0 spiro atoms. The summed E-state index contributed by atoms with van der Waals surface area (Å²) in [4.78, 5) is 24.0. The van der Waals surface area contributed by atoms with Crippen molar-refractivity contribution in [3.05, 3.63) is 11.6 Å². The van der Waals surface area contributed by atoms with E-state index in [0.29, 0.717) is 17.5 Å². The summed E-state index contributed by atoms with van der Waals surface area (Å²) in [7, 11) is 0. The molecule has 3 saturated carbocycles. The zero-order valence-electron chi connectivity index (χ0n) is 15.6. The zero-order chi connectivity index (χ0) is 16.4. The molecule has 0 aromatic carbocycles. The number of allylic oxidation sites excluding steroid dienone is 1. The van der Waals surface area contributed by atoms with Gasteiger partial charge in [-0.1, -0.05) is 19.4 Å². The fraction of sp³-hybridized carbons (Fsp3) is 0.810. The van der Waals surface area contributed by atoms with E-state index in [9.17, 15) is 9.59 Å². The molecule has 2 radical (unpaired) electrons. The molecule has 4 aliphatic rings. The maximum absolute atomic E-state index is 12.1. The Kier molecular flexibility index (Phi) is 4.94. The summed E-state index contributed by atoms with van der Waals surface area (Å²) in [5, 5.41) is 0. The number of hydrogen-bond donors (Lipinski definition) is 0. The maximum atomic E-state index is 12.1. The fourth-order valence-corrected chi connectivity index (χ4v) is 7.23. The molecule has 132 valence electrons. The number of Topliss-reactive ketones (excluding diaryl/α,β-unsaturated/α-hetero) is 1. The molecule has 24 heavy (non-hydrogen) atoms. The molecule has 3 fully saturated rings. The first-order chi connectivity index (χ1) is 10.9. The van der Waals surface area contributed by atoms with Crippen LogP contribution >= 0.6 is 0 Å². The molecular weight excluding hydrogens is 491 g/mol. The molecular formula is C21H32O2Pb. The summed E-state index contributed by atoms with van der Waals surface area (Å²) in [5.41, 5.74) is 1.95. The van der Waals surface area contributed by atoms with Crippen molar-refractivity contribution < 1.29 is 9.59 Å². The second-order valence-corrected chi connectivity index (χ2v) is 9.25. The Hall–Kier alpha value is 0.00208. The molecule has 0 N–H and O–H groups in total. The van der Waals surface area contributed by atoms with E-state index in [4.69, 9.17) is 0 Å². The SMILES string of the molecule is CC(=O)[C@H]1CC[C@H]2[C@@H]3CCC4=CC(=O)CC[C@]4(C)[C@H]3CC[C@]12C.[PbH2]. The summed E-state index contributed by atoms with van der Waals surface area (Å²) in [6.45, 7) is 6.65. The summed E-state index contributed by atoms with van der Waals surface area (Å²) < 4.78 is 0. The van der Waals surface area contributed by atoms with Crippen LogP contribution in [0, 0.1) is 34.5 Å². The Bertz CT molecular complexity index is 595. The Morgan fingerprint density at radius 1 is 1.04 bits per heavy atom. The molecule has 0 saturated heterocycles. The topological polar surface area (TPSA) is 34.1 Å². The third-order valence-corrected chi connectivity index (χ3v) is 8.45. The molecule has 0 amide bonds. The molecule has 6 atom stereocenters. The Labute approximate surface area is 166 Å². The first kappa shape index (κ1) is 18.8. The Morgan fingerprint density at radius 2 is 1.79 bits per heavy atom. The van der Waals surface area contributed by atoms with Gasteiger partial charge in [0.25, 0.3) is 0 Å². The van der Waals surface area contributed by atoms with Crippen LogP contribution in [-0.2, 0) is 9.59 Å². The van der Waals surface area contributed by atoms with Crippen LogP contribution in [0.4, 0.5) is 0 Å². The molecule has 4 rings (SSSR count). The van der Waals surface area contributed by atoms with Gasteiger partial charge in [-0.05, 0) is 86.5 Å². The van der Waals surface area contributed by atoms with E-state index < -0.39 is 0 Å². The van der Waals surface area contributed by atoms with Gasteiger partial charge >= 0.3 is 27.3 Å². The van der Waals surface area contributed by atoms with Gasteiger partial charge in [0.1, 0.15) is 5.78 Å². The van der Waals surface area contributed by atoms with Crippen LogP contribution < -0.4 is 0 Å². The fourth-order valence-electron chi connectivity index (χ4n) is 7.23. The van der Waals surface area contributed by atoms with Crippen molar-refractivity contribution in [2.45, 2.75) is 72.1 Å². The van der Waals surface area contributed by atoms with Crippen LogP contribution in [-0.4, -0.2) is 38.9 Å². The molecule has 0 unspecified atom stereocenters. The second kappa shape index (κ2) is 6.31. The van der Waals surface area contributed by atoms with Gasteiger partial charge in [-0.2, -0.15) is 0 Å². The van der Waals surface area contributed by atoms with E-state index in [1.54, 1.807) is 6.92 Å². The zero-order valence-corrected chi connectivity index (χ0v) is 21.1. The minimum atomic E-state index is 0. The monoisotopic (exact) mass is 524 g/mol. The van der Waals surface area contributed by atoms with Gasteiger partial charge < -0.3 is 0 Å². The van der Waals surface area contributed by atoms with Crippen molar-refractivity contribution in [1.29, 1.82) is 0 Å². The molecule has 3 heteroatoms. The van der Waals surface area contributed by atoms with Crippen molar-refractivity contribution in [2.75, 3.05) is 0 Å². The third-order valence-electron chi connectivity index (χ3n) is 8.45. The average Bonchev–Trinajstić information content (AvgIpc) is 2.85. The van der Waals surface area contributed by atoms with Crippen molar-refractivity contribution in [2.24, 2.45) is 34.5 Å². The van der Waals surface area contributed by atoms with Crippen LogP contribution in [0.15, 0.2) is 11.6 Å². The third kappa shape index (κ3) is 2.52. The molecule has 0 aromatic rings. The number of fused-ring (bicyclic) bond motifs is 5. The first-order valence-electron chi connectivity index (χ1n) is 9.60. The number of carbonyl (C=O) groups excluding carboxylic acids is 2. The Balaban J connectivity index is 0.00000169. The van der Waals surface area contributed by atoms with Crippen LogP contribution in [0.2, 0.25) is 0 Å². The molecule has 0 aliphatic heterocycles. The Morgan fingerprint density at radius 3 is 2.50 bits per heavy atom. The van der Waals surface area contributed by atoms with E-state index in [1.807, 2.05) is 6.08 Å². The molecule has 2 nitrogen and oxygen atoms in total. The number of carbonyl (C=O) groups is 2. The molecule has 0 bridgehead atoms. The van der Waals surface area contributed by atoms with E-state index in [0.717, 1.165) is 43.4 Å². The van der Waals surface area contributed by atoms with Crippen molar-refractivity contribution in [1.82, 2.24) is 0 Å². The van der Waals surface area contributed by atoms with Crippen molar-refractivity contribution >= 4 is 38.9 Å². The first-order valence-corrected chi connectivity index (χ1v) is 9.60. The quantitative estimate of drug-likeness (QED) is 0.490. The molecule has 0 heterocycles. The van der Waals surface area contributed by atoms with Crippen LogP contribution in [0.25, 0.3) is 0 Å². The van der Waals surface area contributed by atoms with Gasteiger partial charge in [0.15, 0.2) is 5.78 Å². The van der Waals surface area contributed by atoms with Crippen LogP contribution in [0.3, 0.4) is 0 Å². The minimum absolute atomic E-state index is 0. The number of ketones is 2. The van der Waals surface area contributed by atoms with Gasteiger partial charge in [-0.25, -0.2) is 0 Å². The van der Waals surface area contributed by atoms with Gasteiger partial charge in [-0.3, -0.25) is 9.59 Å². The van der Waals surface area contributed by atoms with Crippen LogP contribution in [0.1, 0.15) is 72.1 Å². The predicted molar refractivity (Wildman–Crippen MR) is 99.4 cm³/mol. The van der Waals surface area contributed by atoms with E-state index in [1.165, 1.54) is 31.3 Å². The van der Waals surface area contributed by atoms with Gasteiger partial charge in [0.05, 0.1) is 0 Å². The summed E-state index contributed by atoms with van der Waals surface area (Å²) in [6.07, 6.45) is 10.9. The average molecular weight is 524 g/mol. The number of hydrogen-bond acceptors (Lipinski definition) is 2. The second-order valence-electron chi connectivity index (χ2n) is 9.25. The van der Waals surface area contributed by atoms with Crippen molar-refractivity contribution in [3.63, 3.8) is 0 Å². The van der Waals surface area contributed by atoms with Crippen molar-refractivity contribution in [3.8, 4) is 0 Å². The van der Waals surface area contributed by atoms with Crippen LogP contribution in [0.5, 0.6) is 0 Å². The van der Waals surface area contributed by atoms with E-state index in [2.05, 4.69) is 13.8 Å². The summed E-state index contributed by atoms with van der Waals surface area (Å²) in [5.74, 6) is 3.29. The predicted octanol–water partition coefficient (Wildman–Crippen LogP) is 3.81. The normalized spacial score (nSPS) is 47.0. The number of rotatable bonds is 1. The summed E-state index contributed by atoms with van der Waals surface area (Å²) >= 11 is 0.